The molecule has 0 radical (unpaired) electrons. The van der Waals surface area contributed by atoms with Crippen molar-refractivity contribution in [2.24, 2.45) is 5.10 Å². The summed E-state index contributed by atoms with van der Waals surface area (Å²) in [6.45, 7) is 1.85. The highest BCUT2D eigenvalue weighted by molar-refractivity contribution is 7.19. The Morgan fingerprint density at radius 1 is 1.28 bits per heavy atom. The number of nitro benzene ring substituents is 1. The maximum Gasteiger partial charge on any atom is 0.269 e. The van der Waals surface area contributed by atoms with Gasteiger partial charge in [0.1, 0.15) is 11.2 Å². The van der Waals surface area contributed by atoms with Gasteiger partial charge in [0, 0.05) is 17.0 Å². The molecule has 7 nitrogen and oxygen atoms in total. The molecule has 0 aliphatic heterocycles. The summed E-state index contributed by atoms with van der Waals surface area (Å²) in [5, 5.41) is 16.2. The molecule has 0 saturated heterocycles. The highest BCUT2D eigenvalue weighted by Crippen LogP contribution is 2.38. The molecular formula is C17H15N5O2S. The fourth-order valence-electron chi connectivity index (χ4n) is 3.04. The molecule has 1 aliphatic carbocycles. The summed E-state index contributed by atoms with van der Waals surface area (Å²) in [6.07, 6.45) is 4.90. The van der Waals surface area contributed by atoms with Crippen LogP contribution in [0.25, 0.3) is 10.2 Å². The zero-order valence-corrected chi connectivity index (χ0v) is 14.3. The minimum absolute atomic E-state index is 0.0656. The van der Waals surface area contributed by atoms with Gasteiger partial charge in [0.15, 0.2) is 5.82 Å². The molecule has 2 aromatic heterocycles. The van der Waals surface area contributed by atoms with E-state index in [9.17, 15) is 10.1 Å². The number of hydrazone groups is 1. The number of aryl methyl sites for hydroxylation is 2. The standard InChI is InChI=1S/C17H15N5O2S/c1-10(11-5-7-12(8-6-11)22(23)24)20-21-16-15-13-3-2-4-14(13)25-17(15)19-9-18-16/h5-9H,2-4H2,1H3,(H,18,19,21)/b20-10-. The van der Waals surface area contributed by atoms with Gasteiger partial charge < -0.3 is 0 Å². The van der Waals surface area contributed by atoms with Crippen LogP contribution < -0.4 is 5.43 Å². The number of non-ortho nitro benzene ring substituents is 1. The Kier molecular flexibility index (Phi) is 3.89. The maximum atomic E-state index is 10.7. The van der Waals surface area contributed by atoms with Gasteiger partial charge in [0.05, 0.1) is 16.0 Å². The predicted molar refractivity (Wildman–Crippen MR) is 98.4 cm³/mol. The van der Waals surface area contributed by atoms with E-state index in [1.165, 1.54) is 29.0 Å². The zero-order chi connectivity index (χ0) is 17.4. The molecule has 0 saturated carbocycles. The minimum atomic E-state index is -0.413. The molecule has 0 atom stereocenters. The lowest BCUT2D eigenvalue weighted by Crippen LogP contribution is -2.02. The van der Waals surface area contributed by atoms with Gasteiger partial charge in [-0.2, -0.15) is 5.10 Å². The number of aromatic nitrogens is 2. The van der Waals surface area contributed by atoms with Crippen molar-refractivity contribution in [3.8, 4) is 0 Å². The number of nitrogens with one attached hydrogen (secondary N) is 1. The van der Waals surface area contributed by atoms with Crippen LogP contribution in [0.1, 0.15) is 29.3 Å². The second-order valence-electron chi connectivity index (χ2n) is 5.87. The number of nitrogens with zero attached hydrogens (tertiary/aromatic N) is 4. The fraction of sp³-hybridized carbons (Fsp3) is 0.235. The van der Waals surface area contributed by atoms with Crippen LogP contribution in [0, 0.1) is 10.1 Å². The Labute approximate surface area is 147 Å². The average molecular weight is 353 g/mol. The molecular weight excluding hydrogens is 338 g/mol. The van der Waals surface area contributed by atoms with E-state index in [1.807, 2.05) is 6.92 Å². The Hall–Kier alpha value is -2.87. The molecule has 4 rings (SSSR count). The van der Waals surface area contributed by atoms with Gasteiger partial charge in [-0.05, 0) is 49.4 Å². The first-order valence-electron chi connectivity index (χ1n) is 7.94. The number of thiophene rings is 1. The van der Waals surface area contributed by atoms with E-state index < -0.39 is 4.92 Å². The first-order valence-corrected chi connectivity index (χ1v) is 8.75. The predicted octanol–water partition coefficient (Wildman–Crippen LogP) is 3.92. The van der Waals surface area contributed by atoms with Gasteiger partial charge in [-0.15, -0.1) is 11.3 Å². The number of nitro groups is 1. The van der Waals surface area contributed by atoms with Gasteiger partial charge in [-0.1, -0.05) is 0 Å². The lowest BCUT2D eigenvalue weighted by atomic mass is 10.1. The highest BCUT2D eigenvalue weighted by Gasteiger charge is 2.21. The number of hydrogen-bond donors (Lipinski definition) is 1. The van der Waals surface area contributed by atoms with Crippen molar-refractivity contribution in [3.05, 3.63) is 56.7 Å². The van der Waals surface area contributed by atoms with Crippen LogP contribution in [-0.4, -0.2) is 20.6 Å². The van der Waals surface area contributed by atoms with Crippen LogP contribution in [0.5, 0.6) is 0 Å². The van der Waals surface area contributed by atoms with Gasteiger partial charge in [0.2, 0.25) is 0 Å². The maximum absolute atomic E-state index is 10.7. The molecule has 8 heteroatoms. The molecule has 1 aliphatic rings. The number of fused-ring (bicyclic) bond motifs is 3. The van der Waals surface area contributed by atoms with Crippen LogP contribution in [0.3, 0.4) is 0 Å². The monoisotopic (exact) mass is 353 g/mol. The molecule has 2 heterocycles. The van der Waals surface area contributed by atoms with Crippen LogP contribution >= 0.6 is 11.3 Å². The summed E-state index contributed by atoms with van der Waals surface area (Å²) in [5.41, 5.74) is 6.00. The Morgan fingerprint density at radius 3 is 2.84 bits per heavy atom. The molecule has 1 N–H and O–H groups in total. The fourth-order valence-corrected chi connectivity index (χ4v) is 4.27. The van der Waals surface area contributed by atoms with Crippen LogP contribution in [-0.2, 0) is 12.8 Å². The second kappa shape index (κ2) is 6.21. The van der Waals surface area contributed by atoms with Crippen molar-refractivity contribution in [3.63, 3.8) is 0 Å². The van der Waals surface area contributed by atoms with Crippen LogP contribution in [0.2, 0.25) is 0 Å². The van der Waals surface area contributed by atoms with Crippen molar-refractivity contribution in [2.45, 2.75) is 26.2 Å². The molecule has 1 aromatic carbocycles. The van der Waals surface area contributed by atoms with Gasteiger partial charge in [0.25, 0.3) is 5.69 Å². The van der Waals surface area contributed by atoms with E-state index in [-0.39, 0.29) is 5.69 Å². The van der Waals surface area contributed by atoms with Crippen LogP contribution in [0.15, 0.2) is 35.7 Å². The number of anilines is 1. The largest absolute Gasteiger partial charge is 0.269 e. The first kappa shape index (κ1) is 15.6. The average Bonchev–Trinajstić information content (AvgIpc) is 3.20. The molecule has 25 heavy (non-hydrogen) atoms. The lowest BCUT2D eigenvalue weighted by molar-refractivity contribution is -0.384. The Morgan fingerprint density at radius 2 is 2.08 bits per heavy atom. The summed E-state index contributed by atoms with van der Waals surface area (Å²) in [7, 11) is 0. The van der Waals surface area contributed by atoms with Crippen LogP contribution in [0.4, 0.5) is 11.5 Å². The Bertz CT molecular complexity index is 994. The quantitative estimate of drug-likeness (QED) is 0.436. The normalized spacial score (nSPS) is 13.9. The third-order valence-corrected chi connectivity index (χ3v) is 5.53. The van der Waals surface area contributed by atoms with Gasteiger partial charge in [-0.25, -0.2) is 9.97 Å². The molecule has 0 amide bonds. The molecule has 3 aromatic rings. The van der Waals surface area contributed by atoms with Crippen molar-refractivity contribution >= 4 is 38.8 Å². The number of rotatable bonds is 4. The summed E-state index contributed by atoms with van der Waals surface area (Å²) in [5.74, 6) is 0.714. The topological polar surface area (TPSA) is 93.3 Å². The number of hydrogen-bond acceptors (Lipinski definition) is 7. The van der Waals surface area contributed by atoms with E-state index in [2.05, 4.69) is 20.5 Å². The van der Waals surface area contributed by atoms with E-state index in [0.29, 0.717) is 5.82 Å². The summed E-state index contributed by atoms with van der Waals surface area (Å²) in [4.78, 5) is 21.4. The van der Waals surface area contributed by atoms with Gasteiger partial charge >= 0.3 is 0 Å². The lowest BCUT2D eigenvalue weighted by Gasteiger charge is -2.05. The van der Waals surface area contributed by atoms with Crippen molar-refractivity contribution < 1.29 is 4.92 Å². The minimum Gasteiger partial charge on any atom is -0.260 e. The third-order valence-electron chi connectivity index (χ3n) is 4.33. The van der Waals surface area contributed by atoms with Gasteiger partial charge in [-0.3, -0.25) is 15.5 Å². The first-order chi connectivity index (χ1) is 12.1. The van der Waals surface area contributed by atoms with E-state index >= 15 is 0 Å². The Balaban J connectivity index is 1.63. The van der Waals surface area contributed by atoms with E-state index in [4.69, 9.17) is 0 Å². The second-order valence-corrected chi connectivity index (χ2v) is 6.96. The molecule has 0 fully saturated rings. The molecule has 126 valence electrons. The highest BCUT2D eigenvalue weighted by atomic mass is 32.1. The summed E-state index contributed by atoms with van der Waals surface area (Å²) >= 11 is 1.73. The summed E-state index contributed by atoms with van der Waals surface area (Å²) < 4.78 is 0. The molecule has 0 spiro atoms. The zero-order valence-electron chi connectivity index (χ0n) is 13.5. The SMILES string of the molecule is C/C(=N/Nc1ncnc2sc3c(c12)CCC3)c1ccc([N+](=O)[O-])cc1. The van der Waals surface area contributed by atoms with E-state index in [0.717, 1.165) is 34.3 Å². The molecule has 0 unspecified atom stereocenters. The number of benzene rings is 1. The third kappa shape index (κ3) is 2.85. The van der Waals surface area contributed by atoms with Crippen molar-refractivity contribution in [1.82, 2.24) is 9.97 Å². The van der Waals surface area contributed by atoms with Crippen molar-refractivity contribution in [2.75, 3.05) is 5.43 Å². The van der Waals surface area contributed by atoms with Crippen molar-refractivity contribution in [1.29, 1.82) is 0 Å². The smallest absolute Gasteiger partial charge is 0.260 e. The van der Waals surface area contributed by atoms with E-state index in [1.54, 1.807) is 29.8 Å². The summed E-state index contributed by atoms with van der Waals surface area (Å²) in [6, 6.07) is 6.33. The molecule has 0 bridgehead atoms.